The molecule has 1 rings (SSSR count). The van der Waals surface area contributed by atoms with Crippen molar-refractivity contribution in [2.75, 3.05) is 6.54 Å². The second-order valence-electron chi connectivity index (χ2n) is 5.18. The predicted octanol–water partition coefficient (Wildman–Crippen LogP) is 1.09. The molecule has 1 aliphatic rings. The standard InChI is InChI=1S/C13H24N2O4/c1-2-3-9(12(17)18)8-14-13(19)15-10-4-6-11(16)7-5-10/h9-11,16H,2-8H2,1H3,(H,17,18)(H2,14,15,19). The van der Waals surface area contributed by atoms with E-state index in [-0.39, 0.29) is 24.7 Å². The van der Waals surface area contributed by atoms with E-state index in [2.05, 4.69) is 10.6 Å². The molecule has 0 bridgehead atoms. The number of carbonyl (C=O) groups excluding carboxylic acids is 1. The Morgan fingerprint density at radius 3 is 2.42 bits per heavy atom. The molecule has 1 aliphatic carbocycles. The number of carbonyl (C=O) groups is 2. The van der Waals surface area contributed by atoms with E-state index in [4.69, 9.17) is 5.11 Å². The van der Waals surface area contributed by atoms with Gasteiger partial charge in [-0.05, 0) is 32.1 Å². The van der Waals surface area contributed by atoms with Crippen molar-refractivity contribution in [3.8, 4) is 0 Å². The highest BCUT2D eigenvalue weighted by Crippen LogP contribution is 2.18. The van der Waals surface area contributed by atoms with Crippen molar-refractivity contribution in [2.45, 2.75) is 57.6 Å². The van der Waals surface area contributed by atoms with E-state index in [1.165, 1.54) is 0 Å². The Labute approximate surface area is 113 Å². The molecule has 19 heavy (non-hydrogen) atoms. The summed E-state index contributed by atoms with van der Waals surface area (Å²) < 4.78 is 0. The predicted molar refractivity (Wildman–Crippen MR) is 70.8 cm³/mol. The van der Waals surface area contributed by atoms with Crippen LogP contribution in [0.5, 0.6) is 0 Å². The molecule has 0 aliphatic heterocycles. The van der Waals surface area contributed by atoms with E-state index in [0.717, 1.165) is 19.3 Å². The molecular formula is C13H24N2O4. The molecule has 6 heteroatoms. The van der Waals surface area contributed by atoms with Gasteiger partial charge in [-0.15, -0.1) is 0 Å². The number of carboxylic acid groups (broad SMARTS) is 1. The summed E-state index contributed by atoms with van der Waals surface area (Å²) in [5.74, 6) is -1.40. The van der Waals surface area contributed by atoms with Gasteiger partial charge >= 0.3 is 12.0 Å². The minimum absolute atomic E-state index is 0.0813. The Kier molecular flexibility index (Phi) is 6.62. The van der Waals surface area contributed by atoms with Crippen molar-refractivity contribution >= 4 is 12.0 Å². The van der Waals surface area contributed by atoms with Crippen LogP contribution in [-0.2, 0) is 4.79 Å². The maximum Gasteiger partial charge on any atom is 0.315 e. The summed E-state index contributed by atoms with van der Waals surface area (Å²) in [6.07, 6.45) is 4.04. The number of amides is 2. The zero-order chi connectivity index (χ0) is 14.3. The number of aliphatic hydroxyl groups excluding tert-OH is 1. The van der Waals surface area contributed by atoms with Crippen LogP contribution in [0.4, 0.5) is 4.79 Å². The maximum absolute atomic E-state index is 11.6. The van der Waals surface area contributed by atoms with E-state index < -0.39 is 11.9 Å². The highest BCUT2D eigenvalue weighted by atomic mass is 16.4. The van der Waals surface area contributed by atoms with Crippen molar-refractivity contribution in [1.29, 1.82) is 0 Å². The summed E-state index contributed by atoms with van der Waals surface area (Å²) in [6.45, 7) is 2.08. The maximum atomic E-state index is 11.6. The largest absolute Gasteiger partial charge is 0.481 e. The van der Waals surface area contributed by atoms with Gasteiger partial charge < -0.3 is 20.8 Å². The molecule has 110 valence electrons. The monoisotopic (exact) mass is 272 g/mol. The molecule has 1 unspecified atom stereocenters. The molecule has 0 aromatic rings. The molecule has 1 fully saturated rings. The first kappa shape index (κ1) is 15.8. The minimum Gasteiger partial charge on any atom is -0.481 e. The van der Waals surface area contributed by atoms with Crippen LogP contribution in [0.25, 0.3) is 0 Å². The average molecular weight is 272 g/mol. The SMILES string of the molecule is CCCC(CNC(=O)NC1CCC(O)CC1)C(=O)O. The second kappa shape index (κ2) is 7.99. The summed E-state index contributed by atoms with van der Waals surface area (Å²) >= 11 is 0. The van der Waals surface area contributed by atoms with Crippen LogP contribution in [0.1, 0.15) is 45.4 Å². The summed E-state index contributed by atoms with van der Waals surface area (Å²) in [7, 11) is 0. The molecular weight excluding hydrogens is 248 g/mol. The van der Waals surface area contributed by atoms with Crippen molar-refractivity contribution in [3.05, 3.63) is 0 Å². The zero-order valence-corrected chi connectivity index (χ0v) is 11.4. The normalized spacial score (nSPS) is 24.5. The lowest BCUT2D eigenvalue weighted by Gasteiger charge is -2.26. The van der Waals surface area contributed by atoms with Gasteiger partial charge in [0.2, 0.25) is 0 Å². The molecule has 0 heterocycles. The Bertz CT molecular complexity index is 301. The van der Waals surface area contributed by atoms with Gasteiger partial charge in [-0.2, -0.15) is 0 Å². The average Bonchev–Trinajstić information content (AvgIpc) is 2.37. The first-order valence-electron chi connectivity index (χ1n) is 6.98. The van der Waals surface area contributed by atoms with Crippen LogP contribution >= 0.6 is 0 Å². The zero-order valence-electron chi connectivity index (χ0n) is 11.4. The van der Waals surface area contributed by atoms with E-state index >= 15 is 0 Å². The van der Waals surface area contributed by atoms with Gasteiger partial charge in [-0.25, -0.2) is 4.79 Å². The molecule has 2 amide bonds. The summed E-state index contributed by atoms with van der Waals surface area (Å²) in [6, 6.07) is -0.235. The first-order chi connectivity index (χ1) is 9.02. The van der Waals surface area contributed by atoms with Gasteiger partial charge in [0, 0.05) is 12.6 Å². The third-order valence-corrected chi connectivity index (χ3v) is 3.53. The number of aliphatic carboxylic acids is 1. The third-order valence-electron chi connectivity index (χ3n) is 3.53. The van der Waals surface area contributed by atoms with Gasteiger partial charge in [0.05, 0.1) is 12.0 Å². The molecule has 1 saturated carbocycles. The van der Waals surface area contributed by atoms with Crippen LogP contribution < -0.4 is 10.6 Å². The number of hydrogen-bond donors (Lipinski definition) is 4. The summed E-state index contributed by atoms with van der Waals surface area (Å²) in [5.41, 5.74) is 0. The summed E-state index contributed by atoms with van der Waals surface area (Å²) in [5, 5.41) is 23.8. The van der Waals surface area contributed by atoms with Crippen LogP contribution in [0, 0.1) is 5.92 Å². The Hall–Kier alpha value is -1.30. The van der Waals surface area contributed by atoms with Crippen molar-refractivity contribution in [2.24, 2.45) is 5.92 Å². The van der Waals surface area contributed by atoms with E-state index in [0.29, 0.717) is 19.3 Å². The van der Waals surface area contributed by atoms with Crippen LogP contribution in [-0.4, -0.2) is 40.9 Å². The fraction of sp³-hybridized carbons (Fsp3) is 0.846. The van der Waals surface area contributed by atoms with Gasteiger partial charge in [0.1, 0.15) is 0 Å². The smallest absolute Gasteiger partial charge is 0.315 e. The van der Waals surface area contributed by atoms with Crippen LogP contribution in [0.3, 0.4) is 0 Å². The van der Waals surface area contributed by atoms with E-state index in [1.807, 2.05) is 6.92 Å². The molecule has 6 nitrogen and oxygen atoms in total. The molecule has 0 saturated heterocycles. The molecule has 0 aromatic carbocycles. The Balaban J connectivity index is 2.25. The molecule has 0 spiro atoms. The fourth-order valence-electron chi connectivity index (χ4n) is 2.33. The Morgan fingerprint density at radius 2 is 1.89 bits per heavy atom. The van der Waals surface area contributed by atoms with Gasteiger partial charge in [-0.3, -0.25) is 4.79 Å². The van der Waals surface area contributed by atoms with Gasteiger partial charge in [0.25, 0.3) is 0 Å². The molecule has 1 atom stereocenters. The molecule has 0 aromatic heterocycles. The third kappa shape index (κ3) is 5.92. The second-order valence-corrected chi connectivity index (χ2v) is 5.18. The lowest BCUT2D eigenvalue weighted by molar-refractivity contribution is -0.141. The quantitative estimate of drug-likeness (QED) is 0.581. The summed E-state index contributed by atoms with van der Waals surface area (Å²) in [4.78, 5) is 22.6. The number of aliphatic hydroxyl groups is 1. The number of urea groups is 1. The van der Waals surface area contributed by atoms with Crippen molar-refractivity contribution in [3.63, 3.8) is 0 Å². The molecule has 0 radical (unpaired) electrons. The number of rotatable bonds is 6. The highest BCUT2D eigenvalue weighted by molar-refractivity contribution is 5.76. The number of nitrogens with one attached hydrogen (secondary N) is 2. The van der Waals surface area contributed by atoms with Gasteiger partial charge in [-0.1, -0.05) is 13.3 Å². The first-order valence-corrected chi connectivity index (χ1v) is 6.98. The fourth-order valence-corrected chi connectivity index (χ4v) is 2.33. The number of hydrogen-bond acceptors (Lipinski definition) is 3. The lowest BCUT2D eigenvalue weighted by atomic mass is 9.93. The molecule has 4 N–H and O–H groups in total. The minimum atomic E-state index is -0.872. The van der Waals surface area contributed by atoms with Crippen molar-refractivity contribution in [1.82, 2.24) is 10.6 Å². The Morgan fingerprint density at radius 1 is 1.26 bits per heavy atom. The lowest BCUT2D eigenvalue weighted by Crippen LogP contribution is -2.46. The topological polar surface area (TPSA) is 98.7 Å². The number of carboxylic acids is 1. The highest BCUT2D eigenvalue weighted by Gasteiger charge is 2.22. The van der Waals surface area contributed by atoms with E-state index in [9.17, 15) is 14.7 Å². The van der Waals surface area contributed by atoms with Crippen LogP contribution in [0.15, 0.2) is 0 Å². The van der Waals surface area contributed by atoms with Gasteiger partial charge in [0.15, 0.2) is 0 Å². The van der Waals surface area contributed by atoms with Crippen molar-refractivity contribution < 1.29 is 19.8 Å². The van der Waals surface area contributed by atoms with E-state index in [1.54, 1.807) is 0 Å². The van der Waals surface area contributed by atoms with Crippen LogP contribution in [0.2, 0.25) is 0 Å².